The molecule has 0 aliphatic rings. The van der Waals surface area contributed by atoms with Gasteiger partial charge in [-0.25, -0.2) is 4.79 Å². The van der Waals surface area contributed by atoms with Gasteiger partial charge in [-0.2, -0.15) is 0 Å². The molecule has 0 aromatic heterocycles. The molecule has 1 unspecified atom stereocenters. The second-order valence-electron chi connectivity index (χ2n) is 4.78. The fraction of sp³-hybridized carbons (Fsp3) is 0.375. The van der Waals surface area contributed by atoms with Crippen LogP contribution in [0.1, 0.15) is 24.0 Å². The number of carboxylic acids is 1. The van der Waals surface area contributed by atoms with Gasteiger partial charge in [0.2, 0.25) is 5.91 Å². The van der Waals surface area contributed by atoms with Crippen LogP contribution in [0.15, 0.2) is 30.9 Å². The van der Waals surface area contributed by atoms with Crippen molar-refractivity contribution in [1.82, 2.24) is 5.32 Å². The first-order valence-corrected chi connectivity index (χ1v) is 6.77. The molecule has 21 heavy (non-hydrogen) atoms. The Hall–Kier alpha value is -2.30. The maximum atomic E-state index is 11.7. The molecule has 1 rings (SSSR count). The molecule has 0 heterocycles. The van der Waals surface area contributed by atoms with E-state index >= 15 is 0 Å². The third-order valence-electron chi connectivity index (χ3n) is 3.18. The first kappa shape index (κ1) is 16.8. The molecular formula is C16H21NO4. The normalized spacial score (nSPS) is 11.5. The van der Waals surface area contributed by atoms with Gasteiger partial charge < -0.3 is 15.2 Å². The number of nitrogens with one attached hydrogen (secondary N) is 1. The molecule has 114 valence electrons. The van der Waals surface area contributed by atoms with Crippen LogP contribution in [0, 0.1) is 13.8 Å². The topological polar surface area (TPSA) is 75.6 Å². The van der Waals surface area contributed by atoms with E-state index in [4.69, 9.17) is 9.84 Å². The molecule has 0 saturated carbocycles. The minimum absolute atomic E-state index is 0.105. The van der Waals surface area contributed by atoms with Gasteiger partial charge in [0.25, 0.3) is 0 Å². The quantitative estimate of drug-likeness (QED) is 0.720. The minimum atomic E-state index is -1.07. The summed E-state index contributed by atoms with van der Waals surface area (Å²) in [6.45, 7) is 7.62. The van der Waals surface area contributed by atoms with Crippen molar-refractivity contribution < 1.29 is 19.4 Å². The second kappa shape index (κ2) is 8.09. The summed E-state index contributed by atoms with van der Waals surface area (Å²) >= 11 is 0. The van der Waals surface area contributed by atoms with Gasteiger partial charge in [-0.15, -0.1) is 6.58 Å². The summed E-state index contributed by atoms with van der Waals surface area (Å²) in [5.74, 6) is -0.683. The van der Waals surface area contributed by atoms with Crippen LogP contribution in [0.25, 0.3) is 0 Å². The lowest BCUT2D eigenvalue weighted by Crippen LogP contribution is -2.40. The molecule has 0 fully saturated rings. The van der Waals surface area contributed by atoms with Crippen LogP contribution in [0.3, 0.4) is 0 Å². The van der Waals surface area contributed by atoms with Gasteiger partial charge in [0, 0.05) is 0 Å². The highest BCUT2D eigenvalue weighted by atomic mass is 16.5. The molecule has 0 aliphatic carbocycles. The van der Waals surface area contributed by atoms with Crippen LogP contribution in [0.5, 0.6) is 5.75 Å². The predicted molar refractivity (Wildman–Crippen MR) is 80.4 cm³/mol. The number of amides is 1. The lowest BCUT2D eigenvalue weighted by molar-refractivity contribution is -0.141. The zero-order valence-corrected chi connectivity index (χ0v) is 12.4. The average Bonchev–Trinajstić information content (AvgIpc) is 2.43. The van der Waals surface area contributed by atoms with Crippen LogP contribution in [-0.2, 0) is 9.59 Å². The van der Waals surface area contributed by atoms with Crippen molar-refractivity contribution in [2.75, 3.05) is 6.61 Å². The lowest BCUT2D eigenvalue weighted by atomic mass is 10.1. The highest BCUT2D eigenvalue weighted by molar-refractivity contribution is 5.83. The summed E-state index contributed by atoms with van der Waals surface area (Å²) in [6.07, 6.45) is 1.76. The highest BCUT2D eigenvalue weighted by Crippen LogP contribution is 2.20. The molecule has 1 atom stereocenters. The molecule has 0 bridgehead atoms. The van der Waals surface area contributed by atoms with Crippen LogP contribution in [0.2, 0.25) is 0 Å². The number of rotatable bonds is 8. The molecule has 1 aromatic carbocycles. The number of carbonyl (C=O) groups is 2. The lowest BCUT2D eigenvalue weighted by Gasteiger charge is -2.13. The third kappa shape index (κ3) is 5.30. The number of carbonyl (C=O) groups excluding carboxylic acids is 1. The van der Waals surface area contributed by atoms with Crippen molar-refractivity contribution in [3.05, 3.63) is 42.0 Å². The molecule has 1 amide bonds. The number of carboxylic acid groups (broad SMARTS) is 1. The Morgan fingerprint density at radius 3 is 2.76 bits per heavy atom. The van der Waals surface area contributed by atoms with Crippen molar-refractivity contribution in [2.45, 2.75) is 32.7 Å². The van der Waals surface area contributed by atoms with E-state index in [1.807, 2.05) is 32.0 Å². The number of aliphatic carboxylic acids is 1. The molecule has 2 N–H and O–H groups in total. The highest BCUT2D eigenvalue weighted by Gasteiger charge is 2.18. The van der Waals surface area contributed by atoms with Gasteiger partial charge in [0.1, 0.15) is 11.8 Å². The van der Waals surface area contributed by atoms with Crippen molar-refractivity contribution >= 4 is 11.9 Å². The Morgan fingerprint density at radius 1 is 1.43 bits per heavy atom. The zero-order chi connectivity index (χ0) is 15.8. The summed E-state index contributed by atoms with van der Waals surface area (Å²) in [7, 11) is 0. The zero-order valence-electron chi connectivity index (χ0n) is 12.4. The van der Waals surface area contributed by atoms with Crippen LogP contribution >= 0.6 is 0 Å². The molecule has 5 heteroatoms. The smallest absolute Gasteiger partial charge is 0.326 e. The fourth-order valence-electron chi connectivity index (χ4n) is 1.79. The van der Waals surface area contributed by atoms with Gasteiger partial charge in [-0.3, -0.25) is 4.79 Å². The first-order chi connectivity index (χ1) is 9.95. The van der Waals surface area contributed by atoms with E-state index in [-0.39, 0.29) is 25.4 Å². The summed E-state index contributed by atoms with van der Waals surface area (Å²) in [5, 5.41) is 11.4. The van der Waals surface area contributed by atoms with Crippen molar-refractivity contribution in [1.29, 1.82) is 0 Å². The molecule has 1 aromatic rings. The Balaban J connectivity index is 2.44. The van der Waals surface area contributed by atoms with E-state index in [1.165, 1.54) is 6.08 Å². The Morgan fingerprint density at radius 2 is 2.14 bits per heavy atom. The number of aryl methyl sites for hydroxylation is 1. The number of hydrogen-bond acceptors (Lipinski definition) is 3. The molecule has 0 spiro atoms. The SMILES string of the molecule is C=CCC(NC(=O)CCOc1cccc(C)c1C)C(=O)O. The fourth-order valence-corrected chi connectivity index (χ4v) is 1.79. The summed E-state index contributed by atoms with van der Waals surface area (Å²) in [6, 6.07) is 4.79. The van der Waals surface area contributed by atoms with E-state index < -0.39 is 12.0 Å². The Labute approximate surface area is 124 Å². The van der Waals surface area contributed by atoms with Gasteiger partial charge >= 0.3 is 5.97 Å². The summed E-state index contributed by atoms with van der Waals surface area (Å²) in [4.78, 5) is 22.6. The molecule has 0 radical (unpaired) electrons. The third-order valence-corrected chi connectivity index (χ3v) is 3.18. The molecule has 0 saturated heterocycles. The standard InChI is InChI=1S/C16H21NO4/c1-4-6-13(16(19)20)17-15(18)9-10-21-14-8-5-7-11(2)12(14)3/h4-5,7-8,13H,1,6,9-10H2,2-3H3,(H,17,18)(H,19,20). The first-order valence-electron chi connectivity index (χ1n) is 6.77. The maximum Gasteiger partial charge on any atom is 0.326 e. The number of hydrogen-bond donors (Lipinski definition) is 2. The van der Waals surface area contributed by atoms with E-state index in [9.17, 15) is 9.59 Å². The Bertz CT molecular complexity index is 525. The largest absolute Gasteiger partial charge is 0.493 e. The molecule has 0 aliphatic heterocycles. The van der Waals surface area contributed by atoms with Crippen LogP contribution < -0.4 is 10.1 Å². The van der Waals surface area contributed by atoms with Gasteiger partial charge in [0.15, 0.2) is 0 Å². The Kier molecular flexibility index (Phi) is 6.46. The molecule has 5 nitrogen and oxygen atoms in total. The van der Waals surface area contributed by atoms with E-state index in [2.05, 4.69) is 11.9 Å². The van der Waals surface area contributed by atoms with E-state index in [1.54, 1.807) is 0 Å². The molecular weight excluding hydrogens is 270 g/mol. The predicted octanol–water partition coefficient (Wildman–Crippen LogP) is 2.22. The number of ether oxygens (including phenoxy) is 1. The second-order valence-corrected chi connectivity index (χ2v) is 4.78. The minimum Gasteiger partial charge on any atom is -0.493 e. The van der Waals surface area contributed by atoms with E-state index in [0.717, 1.165) is 16.9 Å². The monoisotopic (exact) mass is 291 g/mol. The van der Waals surface area contributed by atoms with Gasteiger partial charge in [-0.1, -0.05) is 18.2 Å². The van der Waals surface area contributed by atoms with Gasteiger partial charge in [0.05, 0.1) is 13.0 Å². The van der Waals surface area contributed by atoms with Gasteiger partial charge in [-0.05, 0) is 37.5 Å². The van der Waals surface area contributed by atoms with E-state index in [0.29, 0.717) is 0 Å². The summed E-state index contributed by atoms with van der Waals surface area (Å²) in [5.41, 5.74) is 2.15. The van der Waals surface area contributed by atoms with Crippen molar-refractivity contribution in [3.8, 4) is 5.75 Å². The van der Waals surface area contributed by atoms with Crippen LogP contribution in [-0.4, -0.2) is 29.6 Å². The van der Waals surface area contributed by atoms with Crippen molar-refractivity contribution in [2.24, 2.45) is 0 Å². The summed E-state index contributed by atoms with van der Waals surface area (Å²) < 4.78 is 5.56. The number of benzene rings is 1. The average molecular weight is 291 g/mol. The van der Waals surface area contributed by atoms with Crippen LogP contribution in [0.4, 0.5) is 0 Å². The van der Waals surface area contributed by atoms with Crippen molar-refractivity contribution in [3.63, 3.8) is 0 Å². The maximum absolute atomic E-state index is 11.7.